The zero-order chi connectivity index (χ0) is 15.1. The fourth-order valence-corrected chi connectivity index (χ4v) is 3.46. The van der Waals surface area contributed by atoms with Crippen molar-refractivity contribution >= 4 is 15.9 Å². The standard InChI is InChI=1S/C18H28BrNO/c1-3-10-20-13-15-12-17(8-9-18(15)19)21-16-7-5-6-14(4-2)11-16/h8-9,12,14,16,20H,3-7,10-11,13H2,1-2H3. The Hall–Kier alpha value is -0.540. The zero-order valence-electron chi connectivity index (χ0n) is 13.3. The van der Waals surface area contributed by atoms with Gasteiger partial charge >= 0.3 is 0 Å². The van der Waals surface area contributed by atoms with Crippen LogP contribution in [0.5, 0.6) is 5.75 Å². The van der Waals surface area contributed by atoms with Crippen LogP contribution in [-0.2, 0) is 6.54 Å². The highest BCUT2D eigenvalue weighted by Crippen LogP contribution is 2.31. The Kier molecular flexibility index (Phi) is 7.05. The monoisotopic (exact) mass is 353 g/mol. The van der Waals surface area contributed by atoms with E-state index in [1.807, 2.05) is 0 Å². The normalized spacial score (nSPS) is 22.2. The van der Waals surface area contributed by atoms with Crippen LogP contribution in [-0.4, -0.2) is 12.6 Å². The number of halogens is 1. The van der Waals surface area contributed by atoms with Crippen molar-refractivity contribution in [3.63, 3.8) is 0 Å². The molecule has 2 atom stereocenters. The van der Waals surface area contributed by atoms with E-state index in [2.05, 4.69) is 53.3 Å². The van der Waals surface area contributed by atoms with Crippen LogP contribution < -0.4 is 10.1 Å². The van der Waals surface area contributed by atoms with Crippen LogP contribution in [0.3, 0.4) is 0 Å². The molecule has 0 aliphatic heterocycles. The Morgan fingerprint density at radius 3 is 2.90 bits per heavy atom. The lowest BCUT2D eigenvalue weighted by molar-refractivity contribution is 0.122. The topological polar surface area (TPSA) is 21.3 Å². The molecule has 1 N–H and O–H groups in total. The summed E-state index contributed by atoms with van der Waals surface area (Å²) >= 11 is 3.63. The summed E-state index contributed by atoms with van der Waals surface area (Å²) in [7, 11) is 0. The molecular formula is C18H28BrNO. The third-order valence-electron chi connectivity index (χ3n) is 4.37. The Morgan fingerprint density at radius 1 is 1.29 bits per heavy atom. The first kappa shape index (κ1) is 16.8. The Labute approximate surface area is 137 Å². The fourth-order valence-electron chi connectivity index (χ4n) is 3.07. The van der Waals surface area contributed by atoms with E-state index in [-0.39, 0.29) is 0 Å². The third-order valence-corrected chi connectivity index (χ3v) is 5.15. The summed E-state index contributed by atoms with van der Waals surface area (Å²) in [6.07, 6.45) is 7.96. The van der Waals surface area contributed by atoms with Gasteiger partial charge in [-0.25, -0.2) is 0 Å². The molecule has 1 aliphatic rings. The van der Waals surface area contributed by atoms with E-state index in [4.69, 9.17) is 4.74 Å². The lowest BCUT2D eigenvalue weighted by atomic mass is 9.85. The van der Waals surface area contributed by atoms with Gasteiger partial charge in [-0.2, -0.15) is 0 Å². The van der Waals surface area contributed by atoms with E-state index in [1.165, 1.54) is 37.7 Å². The predicted octanol–water partition coefficient (Wildman–Crippen LogP) is 5.30. The second-order valence-electron chi connectivity index (χ2n) is 6.11. The summed E-state index contributed by atoms with van der Waals surface area (Å²) in [5.74, 6) is 1.87. The summed E-state index contributed by atoms with van der Waals surface area (Å²) in [6, 6.07) is 6.38. The van der Waals surface area contributed by atoms with Crippen molar-refractivity contribution in [2.45, 2.75) is 65.0 Å². The molecule has 2 nitrogen and oxygen atoms in total. The van der Waals surface area contributed by atoms with Gasteiger partial charge in [-0.05, 0) is 61.9 Å². The summed E-state index contributed by atoms with van der Waals surface area (Å²) in [6.45, 7) is 6.44. The van der Waals surface area contributed by atoms with Crippen LogP contribution >= 0.6 is 15.9 Å². The molecule has 0 spiro atoms. The maximum Gasteiger partial charge on any atom is 0.120 e. The van der Waals surface area contributed by atoms with Crippen molar-refractivity contribution in [2.24, 2.45) is 5.92 Å². The summed E-state index contributed by atoms with van der Waals surface area (Å²) < 4.78 is 7.40. The summed E-state index contributed by atoms with van der Waals surface area (Å²) in [4.78, 5) is 0. The SMILES string of the molecule is CCCNCc1cc(OC2CCCC(CC)C2)ccc1Br. The molecular weight excluding hydrogens is 326 g/mol. The lowest BCUT2D eigenvalue weighted by Crippen LogP contribution is -2.25. The van der Waals surface area contributed by atoms with Gasteiger partial charge in [0.05, 0.1) is 6.10 Å². The van der Waals surface area contributed by atoms with Gasteiger partial charge in [0.1, 0.15) is 5.75 Å². The molecule has 0 bridgehead atoms. The van der Waals surface area contributed by atoms with E-state index in [9.17, 15) is 0 Å². The summed E-state index contributed by atoms with van der Waals surface area (Å²) in [5, 5.41) is 3.45. The number of nitrogens with one attached hydrogen (secondary N) is 1. The van der Waals surface area contributed by atoms with Crippen LogP contribution in [0.15, 0.2) is 22.7 Å². The van der Waals surface area contributed by atoms with Crippen molar-refractivity contribution in [1.29, 1.82) is 0 Å². The van der Waals surface area contributed by atoms with E-state index in [0.29, 0.717) is 6.10 Å². The first-order valence-corrected chi connectivity index (χ1v) is 9.18. The van der Waals surface area contributed by atoms with Gasteiger partial charge in [-0.15, -0.1) is 0 Å². The Bertz CT molecular complexity index is 435. The third kappa shape index (κ3) is 5.30. The highest BCUT2D eigenvalue weighted by Gasteiger charge is 2.22. The molecule has 3 heteroatoms. The van der Waals surface area contributed by atoms with Crippen molar-refractivity contribution in [1.82, 2.24) is 5.32 Å². The molecule has 1 aliphatic carbocycles. The number of ether oxygens (including phenoxy) is 1. The smallest absolute Gasteiger partial charge is 0.120 e. The lowest BCUT2D eigenvalue weighted by Gasteiger charge is -2.29. The van der Waals surface area contributed by atoms with E-state index in [1.54, 1.807) is 0 Å². The van der Waals surface area contributed by atoms with Crippen LogP contribution in [0, 0.1) is 5.92 Å². The molecule has 0 saturated heterocycles. The van der Waals surface area contributed by atoms with Gasteiger partial charge in [0, 0.05) is 11.0 Å². The molecule has 0 aromatic heterocycles. The molecule has 2 unspecified atom stereocenters. The van der Waals surface area contributed by atoms with E-state index in [0.717, 1.165) is 35.7 Å². The van der Waals surface area contributed by atoms with Crippen LogP contribution in [0.1, 0.15) is 57.9 Å². The average Bonchev–Trinajstić information content (AvgIpc) is 2.51. The van der Waals surface area contributed by atoms with Crippen molar-refractivity contribution in [3.05, 3.63) is 28.2 Å². The summed E-state index contributed by atoms with van der Waals surface area (Å²) in [5.41, 5.74) is 1.28. The molecule has 118 valence electrons. The van der Waals surface area contributed by atoms with Gasteiger partial charge in [0.2, 0.25) is 0 Å². The molecule has 1 aromatic carbocycles. The number of hydrogen-bond acceptors (Lipinski definition) is 2. The number of rotatable bonds is 7. The predicted molar refractivity (Wildman–Crippen MR) is 92.8 cm³/mol. The van der Waals surface area contributed by atoms with Gasteiger partial charge in [0.25, 0.3) is 0 Å². The molecule has 2 rings (SSSR count). The Balaban J connectivity index is 1.94. The fraction of sp³-hybridized carbons (Fsp3) is 0.667. The molecule has 1 fully saturated rings. The van der Waals surface area contributed by atoms with Gasteiger partial charge in [-0.3, -0.25) is 0 Å². The molecule has 1 saturated carbocycles. The zero-order valence-corrected chi connectivity index (χ0v) is 14.9. The molecule has 0 radical (unpaired) electrons. The second-order valence-corrected chi connectivity index (χ2v) is 6.97. The Morgan fingerprint density at radius 2 is 2.14 bits per heavy atom. The number of hydrogen-bond donors (Lipinski definition) is 1. The maximum absolute atomic E-state index is 6.24. The molecule has 0 amide bonds. The van der Waals surface area contributed by atoms with Crippen LogP contribution in [0.25, 0.3) is 0 Å². The minimum absolute atomic E-state index is 0.404. The van der Waals surface area contributed by atoms with Crippen LogP contribution in [0.4, 0.5) is 0 Å². The second kappa shape index (κ2) is 8.79. The van der Waals surface area contributed by atoms with Gasteiger partial charge in [0.15, 0.2) is 0 Å². The first-order valence-electron chi connectivity index (χ1n) is 8.38. The average molecular weight is 354 g/mol. The minimum atomic E-state index is 0.404. The minimum Gasteiger partial charge on any atom is -0.490 e. The van der Waals surface area contributed by atoms with E-state index < -0.39 is 0 Å². The van der Waals surface area contributed by atoms with Crippen LogP contribution in [0.2, 0.25) is 0 Å². The van der Waals surface area contributed by atoms with Crippen molar-refractivity contribution < 1.29 is 4.74 Å². The van der Waals surface area contributed by atoms with Crippen molar-refractivity contribution in [2.75, 3.05) is 6.54 Å². The highest BCUT2D eigenvalue weighted by molar-refractivity contribution is 9.10. The van der Waals surface area contributed by atoms with Gasteiger partial charge < -0.3 is 10.1 Å². The quantitative estimate of drug-likeness (QED) is 0.671. The molecule has 21 heavy (non-hydrogen) atoms. The molecule has 1 aromatic rings. The first-order chi connectivity index (χ1) is 10.2. The van der Waals surface area contributed by atoms with Gasteiger partial charge in [-0.1, -0.05) is 42.6 Å². The molecule has 0 heterocycles. The largest absolute Gasteiger partial charge is 0.490 e. The highest BCUT2D eigenvalue weighted by atomic mass is 79.9. The van der Waals surface area contributed by atoms with E-state index >= 15 is 0 Å². The maximum atomic E-state index is 6.24. The van der Waals surface area contributed by atoms with Crippen molar-refractivity contribution in [3.8, 4) is 5.75 Å². The number of benzene rings is 1.